The van der Waals surface area contributed by atoms with E-state index in [2.05, 4.69) is 51.5 Å². The van der Waals surface area contributed by atoms with E-state index in [1.54, 1.807) is 13.3 Å². The molecule has 0 aliphatic carbocycles. The average Bonchev–Trinajstić information content (AvgIpc) is 3.30. The summed E-state index contributed by atoms with van der Waals surface area (Å²) in [6, 6.07) is 20.1. The molecule has 2 heterocycles. The van der Waals surface area contributed by atoms with Crippen molar-refractivity contribution < 1.29 is 14.4 Å². The van der Waals surface area contributed by atoms with Crippen LogP contribution >= 0.6 is 0 Å². The molecule has 0 aliphatic heterocycles. The van der Waals surface area contributed by atoms with E-state index in [0.29, 0.717) is 23.9 Å². The van der Waals surface area contributed by atoms with Gasteiger partial charge in [0.05, 0.1) is 5.71 Å². The Morgan fingerprint density at radius 1 is 1.06 bits per heavy atom. The Morgan fingerprint density at radius 3 is 2.55 bits per heavy atom. The molecule has 0 aliphatic rings. The summed E-state index contributed by atoms with van der Waals surface area (Å²) in [5.74, 6) is 0.878. The maximum Gasteiger partial charge on any atom is 0.247 e. The number of ether oxygens (including phenoxy) is 1. The van der Waals surface area contributed by atoms with Crippen LogP contribution in [0, 0.1) is 13.8 Å². The lowest BCUT2D eigenvalue weighted by Gasteiger charge is -2.21. The van der Waals surface area contributed by atoms with Gasteiger partial charge < -0.3 is 14.4 Å². The topological polar surface area (TPSA) is 93.6 Å². The number of methoxy groups -OCH3 is 1. The number of hydrogen-bond acceptors (Lipinski definition) is 7. The third-order valence-corrected chi connectivity index (χ3v) is 5.61. The van der Waals surface area contributed by atoms with Gasteiger partial charge in [-0.25, -0.2) is 0 Å². The van der Waals surface area contributed by atoms with Gasteiger partial charge in [-0.05, 0) is 54.8 Å². The van der Waals surface area contributed by atoms with Crippen molar-refractivity contribution in [1.82, 2.24) is 15.2 Å². The lowest BCUT2D eigenvalue weighted by molar-refractivity contribution is 0.160. The van der Waals surface area contributed by atoms with Crippen LogP contribution in [0.2, 0.25) is 0 Å². The number of benzene rings is 2. The van der Waals surface area contributed by atoms with Gasteiger partial charge in [0.25, 0.3) is 0 Å². The van der Waals surface area contributed by atoms with Crippen molar-refractivity contribution in [1.29, 1.82) is 0 Å². The molecular weight excluding hydrogens is 416 g/mol. The number of hydrogen-bond donors (Lipinski definition) is 1. The summed E-state index contributed by atoms with van der Waals surface area (Å²) in [7, 11) is 1.58. The van der Waals surface area contributed by atoms with Crippen molar-refractivity contribution in [2.75, 3.05) is 7.11 Å². The second-order valence-electron chi connectivity index (χ2n) is 7.90. The van der Waals surface area contributed by atoms with E-state index in [1.165, 1.54) is 11.1 Å². The number of pyridine rings is 1. The third kappa shape index (κ3) is 5.15. The molecule has 0 fully saturated rings. The molecule has 7 heteroatoms. The molecular formula is C26H26N4O3. The predicted octanol–water partition coefficient (Wildman–Crippen LogP) is 5.30. The highest BCUT2D eigenvalue weighted by atomic mass is 16.5. The fourth-order valence-corrected chi connectivity index (χ4v) is 3.93. The van der Waals surface area contributed by atoms with Crippen LogP contribution in [0.5, 0.6) is 0 Å². The first-order valence-electron chi connectivity index (χ1n) is 10.7. The molecule has 1 atom stereocenters. The van der Waals surface area contributed by atoms with E-state index in [4.69, 9.17) is 9.15 Å². The minimum Gasteiger partial charge on any atom is -0.418 e. The fraction of sp³-hybridized carbons (Fsp3) is 0.231. The van der Waals surface area contributed by atoms with Crippen molar-refractivity contribution in [2.45, 2.75) is 32.8 Å². The molecule has 33 heavy (non-hydrogen) atoms. The summed E-state index contributed by atoms with van der Waals surface area (Å²) >= 11 is 0. The predicted molar refractivity (Wildman–Crippen MR) is 125 cm³/mol. The number of rotatable bonds is 8. The molecule has 1 N–H and O–H groups in total. The highest BCUT2D eigenvalue weighted by Crippen LogP contribution is 2.33. The summed E-state index contributed by atoms with van der Waals surface area (Å²) in [5.41, 5.74) is 6.62. The average molecular weight is 443 g/mol. The van der Waals surface area contributed by atoms with Crippen LogP contribution in [0.1, 0.15) is 46.2 Å². The highest BCUT2D eigenvalue weighted by Gasteiger charge is 2.21. The molecule has 0 bridgehead atoms. The largest absolute Gasteiger partial charge is 0.418 e. The van der Waals surface area contributed by atoms with Crippen molar-refractivity contribution >= 4 is 5.71 Å². The number of aryl methyl sites for hydroxylation is 2. The quantitative estimate of drug-likeness (QED) is 0.226. The van der Waals surface area contributed by atoms with Crippen molar-refractivity contribution in [3.8, 4) is 11.5 Å². The van der Waals surface area contributed by atoms with Gasteiger partial charge in [0, 0.05) is 42.5 Å². The second kappa shape index (κ2) is 10.2. The molecule has 0 saturated heterocycles. The van der Waals surface area contributed by atoms with Crippen LogP contribution in [0.25, 0.3) is 11.5 Å². The van der Waals surface area contributed by atoms with E-state index >= 15 is 0 Å². The van der Waals surface area contributed by atoms with Crippen LogP contribution in [0.4, 0.5) is 0 Å². The number of nitrogens with zero attached hydrogens (tertiary/aromatic N) is 4. The smallest absolute Gasteiger partial charge is 0.247 e. The Balaban J connectivity index is 1.68. The zero-order valence-electron chi connectivity index (χ0n) is 18.9. The first-order chi connectivity index (χ1) is 16.1. The van der Waals surface area contributed by atoms with Gasteiger partial charge in [0.2, 0.25) is 11.8 Å². The van der Waals surface area contributed by atoms with Crippen LogP contribution < -0.4 is 0 Å². The lowest BCUT2D eigenvalue weighted by atomic mass is 9.83. The highest BCUT2D eigenvalue weighted by molar-refractivity contribution is 6.01. The van der Waals surface area contributed by atoms with Crippen LogP contribution in [0.3, 0.4) is 0 Å². The molecule has 0 spiro atoms. The molecule has 2 aromatic heterocycles. The summed E-state index contributed by atoms with van der Waals surface area (Å²) in [5, 5.41) is 21.6. The van der Waals surface area contributed by atoms with Crippen molar-refractivity contribution in [3.63, 3.8) is 0 Å². The summed E-state index contributed by atoms with van der Waals surface area (Å²) in [4.78, 5) is 4.25. The van der Waals surface area contributed by atoms with E-state index in [9.17, 15) is 5.21 Å². The normalized spacial score (nSPS) is 12.6. The van der Waals surface area contributed by atoms with Crippen molar-refractivity contribution in [2.24, 2.45) is 5.16 Å². The Labute approximate surface area is 192 Å². The monoisotopic (exact) mass is 442 g/mol. The zero-order valence-corrected chi connectivity index (χ0v) is 18.9. The van der Waals surface area contributed by atoms with Crippen LogP contribution in [-0.2, 0) is 11.3 Å². The summed E-state index contributed by atoms with van der Waals surface area (Å²) in [6.45, 7) is 4.29. The van der Waals surface area contributed by atoms with Gasteiger partial charge in [-0.3, -0.25) is 4.98 Å². The van der Waals surface area contributed by atoms with Gasteiger partial charge in [-0.1, -0.05) is 41.6 Å². The van der Waals surface area contributed by atoms with Gasteiger partial charge in [-0.2, -0.15) is 0 Å². The third-order valence-electron chi connectivity index (χ3n) is 5.61. The summed E-state index contributed by atoms with van der Waals surface area (Å²) in [6.07, 6.45) is 2.26. The van der Waals surface area contributed by atoms with Crippen LogP contribution in [0.15, 0.2) is 76.4 Å². The molecule has 4 aromatic rings. The molecule has 4 rings (SSSR count). The number of oxime groups is 1. The SMILES string of the molecule is COCc1nnc(-c2ccc([C@@H](C/C(=N/O)c3ccnc(C)c3)c3ccccc3C)cc2)o1. The van der Waals surface area contributed by atoms with E-state index in [-0.39, 0.29) is 12.5 Å². The first kappa shape index (κ1) is 22.4. The fourth-order valence-electron chi connectivity index (χ4n) is 3.93. The molecule has 0 radical (unpaired) electrons. The molecule has 7 nitrogen and oxygen atoms in total. The number of aromatic nitrogens is 3. The van der Waals surface area contributed by atoms with Gasteiger partial charge in [-0.15, -0.1) is 10.2 Å². The Kier molecular flexibility index (Phi) is 6.90. The summed E-state index contributed by atoms with van der Waals surface area (Å²) < 4.78 is 10.7. The first-order valence-corrected chi connectivity index (χ1v) is 10.7. The Morgan fingerprint density at radius 2 is 1.85 bits per heavy atom. The zero-order chi connectivity index (χ0) is 23.2. The van der Waals surface area contributed by atoms with Crippen LogP contribution in [-0.4, -0.2) is 33.2 Å². The molecule has 0 amide bonds. The standard InChI is InChI=1S/C26H26N4O3/c1-17-6-4-5-7-22(17)23(15-24(30-31)21-12-13-27-18(2)14-21)19-8-10-20(11-9-19)26-29-28-25(33-26)16-32-3/h4-14,23,31H,15-16H2,1-3H3/b30-24-/t23-/m1/s1. The molecule has 2 aromatic carbocycles. The maximum atomic E-state index is 9.85. The lowest BCUT2D eigenvalue weighted by Crippen LogP contribution is -2.12. The molecule has 0 unspecified atom stereocenters. The van der Waals surface area contributed by atoms with E-state index in [0.717, 1.165) is 22.4 Å². The Hall–Kier alpha value is -3.84. The Bertz CT molecular complexity index is 1250. The minimum absolute atomic E-state index is 0.00800. The van der Waals surface area contributed by atoms with E-state index < -0.39 is 0 Å². The molecule has 0 saturated carbocycles. The van der Waals surface area contributed by atoms with Gasteiger partial charge in [0.15, 0.2) is 0 Å². The van der Waals surface area contributed by atoms with Gasteiger partial charge in [0.1, 0.15) is 6.61 Å². The van der Waals surface area contributed by atoms with Gasteiger partial charge >= 0.3 is 0 Å². The minimum atomic E-state index is -0.00800. The molecule has 168 valence electrons. The second-order valence-corrected chi connectivity index (χ2v) is 7.90. The van der Waals surface area contributed by atoms with Crippen molar-refractivity contribution in [3.05, 3.63) is 101 Å². The van der Waals surface area contributed by atoms with E-state index in [1.807, 2.05) is 43.3 Å². The maximum absolute atomic E-state index is 9.85.